The monoisotopic (exact) mass is 1100 g/mol. The van der Waals surface area contributed by atoms with Crippen molar-refractivity contribution in [1.29, 1.82) is 0 Å². The van der Waals surface area contributed by atoms with Crippen molar-refractivity contribution in [3.8, 4) is 0 Å². The van der Waals surface area contributed by atoms with Gasteiger partial charge in [0.15, 0.2) is 5.71 Å². The summed E-state index contributed by atoms with van der Waals surface area (Å²) < 4.78 is 129. The molecule has 1 saturated heterocycles. The maximum Gasteiger partial charge on any atom is 1.00 e. The molecule has 25 heteroatoms. The molecule has 0 saturated carbocycles. The minimum absolute atomic E-state index is 0. The molecule has 0 unspecified atom stereocenters. The molecule has 0 atom stereocenters. The van der Waals surface area contributed by atoms with Gasteiger partial charge in [-0.25, -0.2) is 34.4 Å². The zero-order valence-corrected chi connectivity index (χ0v) is 48.7. The van der Waals surface area contributed by atoms with Crippen molar-refractivity contribution in [3.05, 3.63) is 115 Å². The van der Waals surface area contributed by atoms with Gasteiger partial charge in [-0.2, -0.15) is 4.58 Å². The van der Waals surface area contributed by atoms with Gasteiger partial charge in [0.2, 0.25) is 15.7 Å². The number of hydrogen-bond acceptors (Lipinski definition) is 16. The van der Waals surface area contributed by atoms with E-state index in [1.54, 1.807) is 30.3 Å². The molecule has 4 aromatic carbocycles. The second-order valence-electron chi connectivity index (χ2n) is 18.0. The van der Waals surface area contributed by atoms with Gasteiger partial charge < -0.3 is 25.8 Å². The third kappa shape index (κ3) is 13.4. The normalized spacial score (nSPS) is 16.8. The summed E-state index contributed by atoms with van der Waals surface area (Å²) in [7, 11) is -15.1. The van der Waals surface area contributed by atoms with Crippen molar-refractivity contribution in [2.75, 3.05) is 37.3 Å². The maximum atomic E-state index is 14.1. The van der Waals surface area contributed by atoms with E-state index in [2.05, 4.69) is 11.5 Å². The van der Waals surface area contributed by atoms with Crippen LogP contribution in [0.3, 0.4) is 0 Å². The molecule has 1 fully saturated rings. The van der Waals surface area contributed by atoms with Crippen molar-refractivity contribution in [1.82, 2.24) is 9.37 Å². The number of hydrogen-bond donors (Lipinski definition) is 0. The van der Waals surface area contributed by atoms with E-state index in [9.17, 15) is 48.7 Å². The number of rotatable bonds is 17. The van der Waals surface area contributed by atoms with Crippen molar-refractivity contribution in [2.45, 2.75) is 86.8 Å². The summed E-state index contributed by atoms with van der Waals surface area (Å²) in [5.74, 6) is -2.64. The van der Waals surface area contributed by atoms with Gasteiger partial charge in [0.1, 0.15) is 16.7 Å². The Hall–Kier alpha value is -3.95. The van der Waals surface area contributed by atoms with Gasteiger partial charge in [-0.05, 0) is 78.8 Å². The zero-order valence-electron chi connectivity index (χ0n) is 41.5. The molecule has 3 aliphatic rings. The van der Waals surface area contributed by atoms with E-state index in [0.29, 0.717) is 39.6 Å². The summed E-state index contributed by atoms with van der Waals surface area (Å²) in [6.07, 6.45) is 9.80. The first-order valence-corrected chi connectivity index (χ1v) is 27.7. The predicted molar refractivity (Wildman–Crippen MR) is 260 cm³/mol. The fourth-order valence-corrected chi connectivity index (χ4v) is 12.2. The van der Waals surface area contributed by atoms with E-state index in [4.69, 9.17) is 17.5 Å². The van der Waals surface area contributed by atoms with Crippen molar-refractivity contribution in [2.24, 2.45) is 0 Å². The van der Waals surface area contributed by atoms with Crippen LogP contribution in [-0.2, 0) is 70.9 Å². The maximum absolute atomic E-state index is 14.1. The Morgan fingerprint density at radius 3 is 1.96 bits per heavy atom. The van der Waals surface area contributed by atoms with Crippen molar-refractivity contribution >= 4 is 97.3 Å². The number of benzene rings is 4. The second kappa shape index (κ2) is 24.4. The molecule has 3 heterocycles. The Morgan fingerprint density at radius 2 is 1.37 bits per heavy atom. The van der Waals surface area contributed by atoms with E-state index in [1.807, 2.05) is 81.2 Å². The quantitative estimate of drug-likeness (QED) is 0.0314. The molecule has 19 nitrogen and oxygen atoms in total. The molecular weight excluding hydrogens is 1050 g/mol. The summed E-state index contributed by atoms with van der Waals surface area (Å²) in [6.45, 7) is 12.8. The SMILES string of the molecule is O=S(=O)=O.[CH2-]CC[N+]1=C(C=CC=CC=C2N(CCCS(=O)(=O)[O-])c3ccc4c(S(=O)(=O)N(C)CCCC(=O)ON5C(=O)CCC5=O)cccc4c3C2(C)C)C(C)(C)c2c1ccc1c(S(=O)(=O)[O-])cccc21.[Na+].[Na+]. The van der Waals surface area contributed by atoms with Gasteiger partial charge in [0.25, 0.3) is 11.8 Å². The third-order valence-electron chi connectivity index (χ3n) is 12.6. The van der Waals surface area contributed by atoms with Gasteiger partial charge in [0, 0.05) is 85.0 Å². The second-order valence-corrected chi connectivity index (χ2v) is 23.3. The first-order valence-electron chi connectivity index (χ1n) is 22.2. The molecule has 7 rings (SSSR count). The Morgan fingerprint density at radius 1 is 0.795 bits per heavy atom. The Labute approximate surface area is 471 Å². The van der Waals surface area contributed by atoms with Gasteiger partial charge in [-0.1, -0.05) is 62.4 Å². The van der Waals surface area contributed by atoms with Gasteiger partial charge in [-0.15, -0.1) is 24.1 Å². The van der Waals surface area contributed by atoms with Crippen LogP contribution in [0.1, 0.15) is 77.3 Å². The summed E-state index contributed by atoms with van der Waals surface area (Å²) in [5, 5.41) is 2.56. The van der Waals surface area contributed by atoms with Crippen LogP contribution in [0, 0.1) is 6.92 Å². The van der Waals surface area contributed by atoms with Crippen molar-refractivity contribution < 1.29 is 130 Å². The van der Waals surface area contributed by atoms with E-state index in [1.165, 1.54) is 19.2 Å². The molecule has 0 aromatic heterocycles. The summed E-state index contributed by atoms with van der Waals surface area (Å²) in [6, 6.07) is 16.7. The first-order chi connectivity index (χ1) is 33.1. The molecule has 0 radical (unpaired) electrons. The van der Waals surface area contributed by atoms with Gasteiger partial charge in [0.05, 0.1) is 25.3 Å². The number of fused-ring (bicyclic) bond motifs is 6. The number of sulfonamides is 1. The molecular formula is C48H52N4Na2O15S4. The molecule has 0 aliphatic carbocycles. The molecule has 0 bridgehead atoms. The van der Waals surface area contributed by atoms with Crippen LogP contribution < -0.4 is 64.0 Å². The molecule has 4 aromatic rings. The Kier molecular flexibility index (Phi) is 20.6. The van der Waals surface area contributed by atoms with Crippen LogP contribution in [0.15, 0.2) is 107 Å². The standard InChI is InChI=1S/C48H54N4O12S3.2Na.O3S/c1-7-28-50-36-25-23-33-35(16-12-18-39(33)67(61,62)63)46(36)47(2,3)40(50)19-9-8-10-20-41-48(4,5)45-34-15-11-17-38(32(34)22-24-37(45)51(41)30-14-31-65(56,57)58)66(59,60)49(6)29-13-21-44(55)64-52-42(53)26-27-43(52)54;;;1-4(2)3/h8-12,15-20,22-25H,1,7,13-14,21,26-31H2,2-6H3,(H,56,57,58)(H,61,62,63);;;/q;2*+1;/p-2. The largest absolute Gasteiger partial charge is 1.00 e. The average molecular weight is 1100 g/mol. The minimum atomic E-state index is -4.73. The number of nitrogens with zero attached hydrogens (tertiary/aromatic N) is 4. The van der Waals surface area contributed by atoms with Crippen LogP contribution in [0.4, 0.5) is 11.4 Å². The predicted octanol–water partition coefficient (Wildman–Crippen LogP) is -0.761. The van der Waals surface area contributed by atoms with Crippen LogP contribution in [0.2, 0.25) is 0 Å². The molecule has 380 valence electrons. The number of carbonyl (C=O) groups excluding carboxylic acids is 3. The molecule has 73 heavy (non-hydrogen) atoms. The average Bonchev–Trinajstić information content (AvgIpc) is 3.79. The number of carbonyl (C=O) groups is 3. The molecule has 0 N–H and O–H groups in total. The van der Waals surface area contributed by atoms with E-state index in [-0.39, 0.29) is 114 Å². The number of imide groups is 1. The Bertz CT molecular complexity index is 3430. The van der Waals surface area contributed by atoms with Crippen LogP contribution in [0.5, 0.6) is 0 Å². The third-order valence-corrected chi connectivity index (χ3v) is 16.2. The molecule has 0 spiro atoms. The minimum Gasteiger partial charge on any atom is -0.748 e. The van der Waals surface area contributed by atoms with Crippen LogP contribution >= 0.6 is 0 Å². The van der Waals surface area contributed by atoms with E-state index < -0.39 is 75.2 Å². The summed E-state index contributed by atoms with van der Waals surface area (Å²) in [4.78, 5) is 42.7. The Balaban J connectivity index is 0.00000186. The number of amides is 2. The topological polar surface area (TPSA) is 273 Å². The van der Waals surface area contributed by atoms with E-state index >= 15 is 0 Å². The number of anilines is 1. The molecule has 2 amide bonds. The van der Waals surface area contributed by atoms with E-state index in [0.717, 1.165) is 38.2 Å². The zero-order chi connectivity index (χ0) is 52.4. The van der Waals surface area contributed by atoms with Gasteiger partial charge >= 0.3 is 75.7 Å². The summed E-state index contributed by atoms with van der Waals surface area (Å²) >= 11 is 0. The fraction of sp³-hybridized carbons (Fsp3) is 0.354. The summed E-state index contributed by atoms with van der Waals surface area (Å²) in [5.41, 5.74) is 3.61. The number of allylic oxidation sites excluding steroid dienone is 6. The van der Waals surface area contributed by atoms with Crippen LogP contribution in [-0.4, -0.2) is 117 Å². The molecule has 3 aliphatic heterocycles. The fourth-order valence-electron chi connectivity index (χ4n) is 9.56. The first kappa shape index (κ1) is 61.6. The van der Waals surface area contributed by atoms with Gasteiger partial charge in [-0.3, -0.25) is 9.59 Å². The van der Waals surface area contributed by atoms with Crippen LogP contribution in [0.25, 0.3) is 21.5 Å². The smallest absolute Gasteiger partial charge is 0.748 e. The van der Waals surface area contributed by atoms with Crippen molar-refractivity contribution in [3.63, 3.8) is 0 Å². The number of hydroxylamine groups is 2.